The molecule has 1 saturated carbocycles. The van der Waals surface area contributed by atoms with Gasteiger partial charge in [0.05, 0.1) is 30.0 Å². The molecule has 0 aliphatic heterocycles. The maximum atomic E-state index is 12.5. The first kappa shape index (κ1) is 19.7. The number of thiazole rings is 1. The zero-order valence-corrected chi connectivity index (χ0v) is 16.2. The number of carbonyl (C=O) groups excluding carboxylic acids is 2. The van der Waals surface area contributed by atoms with Crippen LogP contribution in [0.2, 0.25) is 0 Å². The Morgan fingerprint density at radius 2 is 2.20 bits per heavy atom. The van der Waals surface area contributed by atoms with Crippen LogP contribution >= 0.6 is 23.1 Å². The van der Waals surface area contributed by atoms with E-state index < -0.39 is 5.54 Å². The van der Waals surface area contributed by atoms with Crippen molar-refractivity contribution in [3.63, 3.8) is 0 Å². The molecule has 6 nitrogen and oxygen atoms in total. The van der Waals surface area contributed by atoms with Crippen molar-refractivity contribution in [3.8, 4) is 6.07 Å². The molecule has 1 fully saturated rings. The predicted molar refractivity (Wildman–Crippen MR) is 97.3 cm³/mol. The topological polar surface area (TPSA) is 92.1 Å². The van der Waals surface area contributed by atoms with Gasteiger partial charge in [0.25, 0.3) is 0 Å². The fraction of sp³-hybridized carbons (Fsp3) is 0.647. The number of nitrogens with one attached hydrogen (secondary N) is 1. The lowest BCUT2D eigenvalue weighted by Gasteiger charge is -2.32. The minimum absolute atomic E-state index is 0.142. The van der Waals surface area contributed by atoms with Gasteiger partial charge in [0.2, 0.25) is 5.91 Å². The molecule has 0 aromatic carbocycles. The van der Waals surface area contributed by atoms with Gasteiger partial charge in [-0.25, -0.2) is 4.98 Å². The highest BCUT2D eigenvalue weighted by Crippen LogP contribution is 2.30. The maximum Gasteiger partial charge on any atom is 0.311 e. The molecule has 1 aliphatic carbocycles. The molecule has 1 aromatic rings. The summed E-state index contributed by atoms with van der Waals surface area (Å²) in [6, 6.07) is 2.30. The Morgan fingerprint density at radius 3 is 2.84 bits per heavy atom. The summed E-state index contributed by atoms with van der Waals surface area (Å²) in [4.78, 5) is 28.3. The third-order valence-electron chi connectivity index (χ3n) is 4.09. The van der Waals surface area contributed by atoms with Gasteiger partial charge in [-0.3, -0.25) is 9.59 Å². The molecule has 1 N–H and O–H groups in total. The lowest BCUT2D eigenvalue weighted by atomic mass is 9.83. The van der Waals surface area contributed by atoms with Crippen molar-refractivity contribution >= 4 is 35.0 Å². The van der Waals surface area contributed by atoms with E-state index in [4.69, 9.17) is 4.74 Å². The van der Waals surface area contributed by atoms with Crippen LogP contribution in [0, 0.1) is 11.3 Å². The Labute approximate surface area is 156 Å². The van der Waals surface area contributed by atoms with Crippen LogP contribution in [0.5, 0.6) is 0 Å². The van der Waals surface area contributed by atoms with Gasteiger partial charge in [0, 0.05) is 5.38 Å². The molecule has 1 aromatic heterocycles. The lowest BCUT2D eigenvalue weighted by Crippen LogP contribution is -2.50. The van der Waals surface area contributed by atoms with Gasteiger partial charge in [-0.2, -0.15) is 5.26 Å². The number of ether oxygens (including phenoxy) is 1. The second-order valence-corrected chi connectivity index (χ2v) is 8.54. The van der Waals surface area contributed by atoms with E-state index in [1.165, 1.54) is 23.1 Å². The average molecular weight is 382 g/mol. The third kappa shape index (κ3) is 5.72. The summed E-state index contributed by atoms with van der Waals surface area (Å²) < 4.78 is 5.64. The van der Waals surface area contributed by atoms with Gasteiger partial charge in [-0.15, -0.1) is 11.3 Å². The summed E-state index contributed by atoms with van der Waals surface area (Å²) in [7, 11) is 0. The van der Waals surface area contributed by atoms with Crippen molar-refractivity contribution in [2.45, 2.75) is 67.5 Å². The fourth-order valence-corrected chi connectivity index (χ4v) is 4.73. The number of aromatic nitrogens is 1. The van der Waals surface area contributed by atoms with Gasteiger partial charge in [0.15, 0.2) is 4.34 Å². The Balaban J connectivity index is 1.89. The minimum Gasteiger partial charge on any atom is -0.466 e. The number of amides is 1. The largest absolute Gasteiger partial charge is 0.466 e. The van der Waals surface area contributed by atoms with E-state index >= 15 is 0 Å². The van der Waals surface area contributed by atoms with Gasteiger partial charge in [0.1, 0.15) is 5.54 Å². The van der Waals surface area contributed by atoms with E-state index in [2.05, 4.69) is 16.4 Å². The fourth-order valence-electron chi connectivity index (χ4n) is 2.75. The van der Waals surface area contributed by atoms with Gasteiger partial charge in [-0.1, -0.05) is 31.0 Å². The van der Waals surface area contributed by atoms with Crippen LogP contribution < -0.4 is 5.32 Å². The SMILES string of the molecule is CCOC(=O)Cc1csc(S[C@@H](C)C(=O)NC2(C#N)CCCCC2)n1. The molecular formula is C17H23N3O3S2. The molecule has 0 radical (unpaired) electrons. The average Bonchev–Trinajstić information content (AvgIpc) is 3.02. The van der Waals surface area contributed by atoms with E-state index in [9.17, 15) is 14.9 Å². The zero-order valence-electron chi connectivity index (χ0n) is 14.5. The van der Waals surface area contributed by atoms with Crippen LogP contribution in [-0.2, 0) is 20.7 Å². The molecule has 2 rings (SSSR count). The van der Waals surface area contributed by atoms with Gasteiger partial charge in [-0.05, 0) is 26.7 Å². The molecule has 8 heteroatoms. The van der Waals surface area contributed by atoms with Crippen LogP contribution in [0.25, 0.3) is 0 Å². The molecule has 0 unspecified atom stereocenters. The number of nitrogens with zero attached hydrogens (tertiary/aromatic N) is 2. The molecule has 0 saturated heterocycles. The molecular weight excluding hydrogens is 358 g/mol. The minimum atomic E-state index is -0.720. The lowest BCUT2D eigenvalue weighted by molar-refractivity contribution is -0.142. The smallest absolute Gasteiger partial charge is 0.311 e. The first-order chi connectivity index (χ1) is 12.0. The van der Waals surface area contributed by atoms with Gasteiger partial charge < -0.3 is 10.1 Å². The highest BCUT2D eigenvalue weighted by Gasteiger charge is 2.35. The van der Waals surface area contributed by atoms with E-state index in [0.717, 1.165) is 23.6 Å². The molecule has 1 amide bonds. The van der Waals surface area contributed by atoms with Crippen molar-refractivity contribution in [2.75, 3.05) is 6.61 Å². The highest BCUT2D eigenvalue weighted by atomic mass is 32.2. The second kappa shape index (κ2) is 9.20. The van der Waals surface area contributed by atoms with Crippen LogP contribution in [0.1, 0.15) is 51.6 Å². The van der Waals surface area contributed by atoms with E-state index in [-0.39, 0.29) is 23.5 Å². The van der Waals surface area contributed by atoms with Crippen molar-refractivity contribution < 1.29 is 14.3 Å². The number of rotatable bonds is 7. The Hall–Kier alpha value is -1.59. The summed E-state index contributed by atoms with van der Waals surface area (Å²) >= 11 is 2.75. The predicted octanol–water partition coefficient (Wildman–Crippen LogP) is 3.07. The summed E-state index contributed by atoms with van der Waals surface area (Å²) in [6.07, 6.45) is 4.63. The number of esters is 1. The normalized spacial score (nSPS) is 17.3. The monoisotopic (exact) mass is 381 g/mol. The molecule has 1 atom stereocenters. The Bertz CT molecular complexity index is 648. The number of thioether (sulfide) groups is 1. The Kier molecular flexibility index (Phi) is 7.26. The van der Waals surface area contributed by atoms with Crippen molar-refractivity contribution in [2.24, 2.45) is 0 Å². The van der Waals surface area contributed by atoms with Crippen molar-refractivity contribution in [1.29, 1.82) is 5.26 Å². The quantitative estimate of drug-likeness (QED) is 0.576. The van der Waals surface area contributed by atoms with Crippen molar-refractivity contribution in [3.05, 3.63) is 11.1 Å². The summed E-state index contributed by atoms with van der Waals surface area (Å²) in [5.41, 5.74) is -0.0680. The van der Waals surface area contributed by atoms with E-state index in [1.54, 1.807) is 13.8 Å². The van der Waals surface area contributed by atoms with E-state index in [0.29, 0.717) is 25.1 Å². The Morgan fingerprint density at radius 1 is 1.48 bits per heavy atom. The van der Waals surface area contributed by atoms with Crippen LogP contribution in [0.4, 0.5) is 0 Å². The summed E-state index contributed by atoms with van der Waals surface area (Å²) in [6.45, 7) is 3.92. The van der Waals surface area contributed by atoms with E-state index in [1.807, 2.05) is 5.38 Å². The first-order valence-corrected chi connectivity index (χ1v) is 10.2. The molecule has 0 spiro atoms. The molecule has 1 heterocycles. The number of nitriles is 1. The third-order valence-corrected chi connectivity index (χ3v) is 6.21. The first-order valence-electron chi connectivity index (χ1n) is 8.48. The van der Waals surface area contributed by atoms with Crippen LogP contribution in [-0.4, -0.2) is 34.3 Å². The summed E-state index contributed by atoms with van der Waals surface area (Å²) in [5, 5.41) is 13.9. The molecule has 25 heavy (non-hydrogen) atoms. The van der Waals surface area contributed by atoms with Crippen molar-refractivity contribution in [1.82, 2.24) is 10.3 Å². The maximum absolute atomic E-state index is 12.5. The van der Waals surface area contributed by atoms with Gasteiger partial charge >= 0.3 is 5.97 Å². The highest BCUT2D eigenvalue weighted by molar-refractivity contribution is 8.02. The summed E-state index contributed by atoms with van der Waals surface area (Å²) in [5.74, 6) is -0.445. The number of carbonyl (C=O) groups is 2. The number of hydrogen-bond donors (Lipinski definition) is 1. The molecule has 136 valence electrons. The second-order valence-electron chi connectivity index (χ2n) is 6.09. The van der Waals surface area contributed by atoms with Crippen LogP contribution in [0.15, 0.2) is 9.72 Å². The number of hydrogen-bond acceptors (Lipinski definition) is 7. The molecule has 0 bridgehead atoms. The van der Waals surface area contributed by atoms with Crippen LogP contribution in [0.3, 0.4) is 0 Å². The zero-order chi connectivity index (χ0) is 18.3. The standard InChI is InChI=1S/C17H23N3O3S2/c1-3-23-14(21)9-13-10-24-16(19-13)25-12(2)15(22)20-17(11-18)7-5-4-6-8-17/h10,12H,3-9H2,1-2H3,(H,20,22)/t12-/m0/s1. The molecule has 1 aliphatic rings.